The molecule has 1 aromatic heterocycles. The van der Waals surface area contributed by atoms with E-state index in [9.17, 15) is 4.39 Å². The molecule has 0 atom stereocenters. The van der Waals surface area contributed by atoms with Crippen LogP contribution in [0, 0.1) is 5.82 Å². The van der Waals surface area contributed by atoms with E-state index >= 15 is 0 Å². The predicted octanol–water partition coefficient (Wildman–Crippen LogP) is 2.05. The molecule has 0 bridgehead atoms. The minimum atomic E-state index is -0.181. The number of hydrogen-bond donors (Lipinski definition) is 0. The van der Waals surface area contributed by atoms with Gasteiger partial charge in [0.2, 0.25) is 0 Å². The number of ether oxygens (including phenoxy) is 1. The van der Waals surface area contributed by atoms with Crippen LogP contribution in [0.3, 0.4) is 0 Å². The first-order valence-corrected chi connectivity index (χ1v) is 6.32. The van der Waals surface area contributed by atoms with Gasteiger partial charge in [0.1, 0.15) is 11.6 Å². The SMILES string of the molecule is COc1ccc(F)c(CN2CCn3nccc3C2)c1. The van der Waals surface area contributed by atoms with Gasteiger partial charge in [-0.1, -0.05) is 0 Å². The van der Waals surface area contributed by atoms with Crippen molar-refractivity contribution >= 4 is 0 Å². The molecule has 1 aliphatic rings. The number of rotatable bonds is 3. The van der Waals surface area contributed by atoms with Crippen LogP contribution < -0.4 is 4.74 Å². The van der Waals surface area contributed by atoms with Gasteiger partial charge in [0.05, 0.1) is 19.3 Å². The molecule has 0 fully saturated rings. The Morgan fingerprint density at radius 1 is 1.32 bits per heavy atom. The molecule has 0 aliphatic carbocycles. The van der Waals surface area contributed by atoms with Crippen LogP contribution in [0.5, 0.6) is 5.75 Å². The standard InChI is InChI=1S/C14H16FN3O/c1-19-13-2-3-14(15)11(8-13)9-17-6-7-18-12(10-17)4-5-16-18/h2-5,8H,6-7,9-10H2,1H3. The van der Waals surface area contributed by atoms with Crippen molar-refractivity contribution in [2.24, 2.45) is 0 Å². The zero-order chi connectivity index (χ0) is 13.2. The lowest BCUT2D eigenvalue weighted by atomic mass is 10.1. The minimum Gasteiger partial charge on any atom is -0.497 e. The summed E-state index contributed by atoms with van der Waals surface area (Å²) in [5.41, 5.74) is 1.85. The molecule has 0 N–H and O–H groups in total. The second-order valence-electron chi connectivity index (χ2n) is 4.71. The highest BCUT2D eigenvalue weighted by atomic mass is 19.1. The third-order valence-electron chi connectivity index (χ3n) is 3.46. The van der Waals surface area contributed by atoms with Crippen molar-refractivity contribution in [3.05, 3.63) is 47.5 Å². The van der Waals surface area contributed by atoms with Gasteiger partial charge in [0.25, 0.3) is 0 Å². The summed E-state index contributed by atoms with van der Waals surface area (Å²) in [5.74, 6) is 0.512. The fourth-order valence-electron chi connectivity index (χ4n) is 2.42. The second-order valence-corrected chi connectivity index (χ2v) is 4.71. The Kier molecular flexibility index (Phi) is 3.21. The Hall–Kier alpha value is -1.88. The first kappa shape index (κ1) is 12.2. The van der Waals surface area contributed by atoms with Gasteiger partial charge < -0.3 is 4.74 Å². The fraction of sp³-hybridized carbons (Fsp3) is 0.357. The summed E-state index contributed by atoms with van der Waals surface area (Å²) in [6, 6.07) is 6.88. The maximum atomic E-state index is 13.8. The van der Waals surface area contributed by atoms with Crippen LogP contribution in [-0.2, 0) is 19.6 Å². The number of nitrogens with zero attached hydrogens (tertiary/aromatic N) is 3. The zero-order valence-electron chi connectivity index (χ0n) is 10.8. The molecule has 0 radical (unpaired) electrons. The van der Waals surface area contributed by atoms with Gasteiger partial charge in [0.15, 0.2) is 0 Å². The molecule has 2 heterocycles. The molecule has 0 saturated carbocycles. The van der Waals surface area contributed by atoms with Crippen molar-refractivity contribution in [1.82, 2.24) is 14.7 Å². The summed E-state index contributed by atoms with van der Waals surface area (Å²) in [6.45, 7) is 3.13. The lowest BCUT2D eigenvalue weighted by molar-refractivity contribution is 0.202. The van der Waals surface area contributed by atoms with E-state index in [2.05, 4.69) is 10.00 Å². The maximum absolute atomic E-state index is 13.8. The summed E-state index contributed by atoms with van der Waals surface area (Å²) in [6.07, 6.45) is 1.81. The highest BCUT2D eigenvalue weighted by molar-refractivity contribution is 5.29. The number of benzene rings is 1. The molecule has 0 unspecified atom stereocenters. The minimum absolute atomic E-state index is 0.181. The van der Waals surface area contributed by atoms with Crippen LogP contribution >= 0.6 is 0 Å². The molecule has 0 spiro atoms. The van der Waals surface area contributed by atoms with Crippen molar-refractivity contribution in [2.75, 3.05) is 13.7 Å². The Morgan fingerprint density at radius 2 is 2.21 bits per heavy atom. The quantitative estimate of drug-likeness (QED) is 0.847. The summed E-state index contributed by atoms with van der Waals surface area (Å²) >= 11 is 0. The van der Waals surface area contributed by atoms with E-state index < -0.39 is 0 Å². The Bertz CT molecular complexity index is 582. The smallest absolute Gasteiger partial charge is 0.127 e. The molecule has 5 heteroatoms. The largest absolute Gasteiger partial charge is 0.497 e. The number of halogens is 1. The number of fused-ring (bicyclic) bond motifs is 1. The Labute approximate surface area is 111 Å². The van der Waals surface area contributed by atoms with Crippen molar-refractivity contribution in [2.45, 2.75) is 19.6 Å². The lowest BCUT2D eigenvalue weighted by Crippen LogP contribution is -2.33. The van der Waals surface area contributed by atoms with Gasteiger partial charge in [0, 0.05) is 31.4 Å². The van der Waals surface area contributed by atoms with E-state index in [0.29, 0.717) is 17.9 Å². The molecule has 1 aromatic carbocycles. The number of hydrogen-bond acceptors (Lipinski definition) is 3. The summed E-state index contributed by atoms with van der Waals surface area (Å²) in [4.78, 5) is 2.22. The van der Waals surface area contributed by atoms with Crippen LogP contribution in [0.2, 0.25) is 0 Å². The average molecular weight is 261 g/mol. The molecule has 19 heavy (non-hydrogen) atoms. The molecule has 1 aliphatic heterocycles. The molecular weight excluding hydrogens is 245 g/mol. The monoisotopic (exact) mass is 261 g/mol. The van der Waals surface area contributed by atoms with E-state index in [-0.39, 0.29) is 5.82 Å². The predicted molar refractivity (Wildman–Crippen MR) is 69.3 cm³/mol. The van der Waals surface area contributed by atoms with Crippen LogP contribution in [0.25, 0.3) is 0 Å². The molecule has 0 amide bonds. The molecule has 4 nitrogen and oxygen atoms in total. The van der Waals surface area contributed by atoms with Crippen molar-refractivity contribution in [3.8, 4) is 5.75 Å². The third-order valence-corrected chi connectivity index (χ3v) is 3.46. The molecule has 3 rings (SSSR count). The van der Waals surface area contributed by atoms with Gasteiger partial charge in [-0.15, -0.1) is 0 Å². The van der Waals surface area contributed by atoms with Gasteiger partial charge in [-0.3, -0.25) is 9.58 Å². The highest BCUT2D eigenvalue weighted by Crippen LogP contribution is 2.20. The van der Waals surface area contributed by atoms with Crippen molar-refractivity contribution in [3.63, 3.8) is 0 Å². The van der Waals surface area contributed by atoms with E-state index in [1.807, 2.05) is 16.9 Å². The second kappa shape index (κ2) is 5.01. The fourth-order valence-corrected chi connectivity index (χ4v) is 2.42. The van der Waals surface area contributed by atoms with Crippen LogP contribution in [-0.4, -0.2) is 28.3 Å². The summed E-state index contributed by atoms with van der Waals surface area (Å²) in [7, 11) is 1.59. The van der Waals surface area contributed by atoms with E-state index in [4.69, 9.17) is 4.74 Å². The lowest BCUT2D eigenvalue weighted by Gasteiger charge is -2.27. The first-order valence-electron chi connectivity index (χ1n) is 6.32. The number of methoxy groups -OCH3 is 1. The Morgan fingerprint density at radius 3 is 3.05 bits per heavy atom. The van der Waals surface area contributed by atoms with Gasteiger partial charge >= 0.3 is 0 Å². The van der Waals surface area contributed by atoms with Gasteiger partial charge in [-0.05, 0) is 24.3 Å². The first-order chi connectivity index (χ1) is 9.26. The molecular formula is C14H16FN3O. The van der Waals surface area contributed by atoms with Gasteiger partial charge in [-0.2, -0.15) is 5.10 Å². The summed E-state index contributed by atoms with van der Waals surface area (Å²) in [5, 5.41) is 4.24. The zero-order valence-corrected chi connectivity index (χ0v) is 10.8. The van der Waals surface area contributed by atoms with Crippen LogP contribution in [0.1, 0.15) is 11.3 Å². The molecule has 100 valence electrons. The van der Waals surface area contributed by atoms with Crippen LogP contribution in [0.15, 0.2) is 30.5 Å². The topological polar surface area (TPSA) is 30.3 Å². The van der Waals surface area contributed by atoms with E-state index in [1.54, 1.807) is 19.2 Å². The van der Waals surface area contributed by atoms with Crippen LogP contribution in [0.4, 0.5) is 4.39 Å². The number of aromatic nitrogens is 2. The van der Waals surface area contributed by atoms with Gasteiger partial charge in [-0.25, -0.2) is 4.39 Å². The Balaban J connectivity index is 1.76. The van der Waals surface area contributed by atoms with Crippen molar-refractivity contribution in [1.29, 1.82) is 0 Å². The highest BCUT2D eigenvalue weighted by Gasteiger charge is 2.17. The van der Waals surface area contributed by atoms with Crippen molar-refractivity contribution < 1.29 is 9.13 Å². The average Bonchev–Trinajstić information content (AvgIpc) is 2.89. The third kappa shape index (κ3) is 2.46. The van der Waals surface area contributed by atoms with E-state index in [0.717, 1.165) is 19.6 Å². The molecule has 2 aromatic rings. The normalized spacial score (nSPS) is 15.3. The summed E-state index contributed by atoms with van der Waals surface area (Å²) < 4.78 is 20.9. The molecule has 0 saturated heterocycles. The maximum Gasteiger partial charge on any atom is 0.127 e. The van der Waals surface area contributed by atoms with E-state index in [1.165, 1.54) is 11.8 Å².